The Morgan fingerprint density at radius 3 is 2.64 bits per heavy atom. The molecule has 8 nitrogen and oxygen atoms in total. The fourth-order valence-electron chi connectivity index (χ4n) is 3.45. The van der Waals surface area contributed by atoms with Crippen molar-refractivity contribution in [1.29, 1.82) is 0 Å². The van der Waals surface area contributed by atoms with E-state index in [1.807, 2.05) is 25.1 Å². The van der Waals surface area contributed by atoms with Crippen LogP contribution < -0.4 is 10.2 Å². The number of benzene rings is 1. The second-order valence-electron chi connectivity index (χ2n) is 7.07. The molecule has 3 aromatic rings. The third-order valence-electron chi connectivity index (χ3n) is 5.34. The molecule has 0 spiro atoms. The van der Waals surface area contributed by atoms with Crippen LogP contribution in [0.25, 0.3) is 5.82 Å². The van der Waals surface area contributed by atoms with Crippen molar-refractivity contribution in [2.75, 3.05) is 23.3 Å². The Hall–Kier alpha value is -3.29. The van der Waals surface area contributed by atoms with Crippen molar-refractivity contribution < 1.29 is 4.79 Å². The van der Waals surface area contributed by atoms with Crippen LogP contribution in [0.2, 0.25) is 0 Å². The zero-order valence-corrected chi connectivity index (χ0v) is 16.0. The van der Waals surface area contributed by atoms with Crippen molar-refractivity contribution in [2.24, 2.45) is 5.92 Å². The van der Waals surface area contributed by atoms with Crippen LogP contribution in [0.1, 0.15) is 24.0 Å². The van der Waals surface area contributed by atoms with Crippen molar-refractivity contribution in [2.45, 2.75) is 26.7 Å². The standard InChI is InChI=1S/C20H23N7O/c1-14-4-3-5-17(15(14)2)25-20(28)16-6-8-26(9-7-16)18-10-19(23-12-22-18)27-13-21-11-24-27/h3-5,10-13,16H,6-9H2,1-2H3,(H,25,28). The molecule has 1 saturated heterocycles. The molecule has 0 unspecified atom stereocenters. The molecule has 0 radical (unpaired) electrons. The third-order valence-corrected chi connectivity index (χ3v) is 5.34. The fraction of sp³-hybridized carbons (Fsp3) is 0.350. The van der Waals surface area contributed by atoms with E-state index in [4.69, 9.17) is 0 Å². The van der Waals surface area contributed by atoms with Crippen molar-refractivity contribution in [1.82, 2.24) is 24.7 Å². The number of piperidine rings is 1. The van der Waals surface area contributed by atoms with E-state index in [9.17, 15) is 4.79 Å². The van der Waals surface area contributed by atoms with Crippen molar-refractivity contribution >= 4 is 17.4 Å². The first-order valence-corrected chi connectivity index (χ1v) is 9.41. The molecule has 2 aromatic heterocycles. The number of aromatic nitrogens is 5. The van der Waals surface area contributed by atoms with Gasteiger partial charge in [0.15, 0.2) is 5.82 Å². The van der Waals surface area contributed by atoms with Crippen LogP contribution in [0.5, 0.6) is 0 Å². The summed E-state index contributed by atoms with van der Waals surface area (Å²) in [4.78, 5) is 27.5. The Morgan fingerprint density at radius 1 is 1.11 bits per heavy atom. The first kappa shape index (κ1) is 18.1. The van der Waals surface area contributed by atoms with Crippen molar-refractivity contribution in [3.63, 3.8) is 0 Å². The lowest BCUT2D eigenvalue weighted by molar-refractivity contribution is -0.120. The van der Waals surface area contributed by atoms with Gasteiger partial charge in [0.05, 0.1) is 0 Å². The largest absolute Gasteiger partial charge is 0.356 e. The summed E-state index contributed by atoms with van der Waals surface area (Å²) in [6.07, 6.45) is 6.20. The summed E-state index contributed by atoms with van der Waals surface area (Å²) in [6.45, 7) is 5.64. The lowest BCUT2D eigenvalue weighted by Gasteiger charge is -2.32. The van der Waals surface area contributed by atoms with E-state index >= 15 is 0 Å². The molecule has 1 aliphatic heterocycles. The van der Waals surface area contributed by atoms with Crippen LogP contribution >= 0.6 is 0 Å². The van der Waals surface area contributed by atoms with Gasteiger partial charge in [-0.2, -0.15) is 5.10 Å². The van der Waals surface area contributed by atoms with E-state index in [2.05, 4.69) is 43.3 Å². The summed E-state index contributed by atoms with van der Waals surface area (Å²) in [7, 11) is 0. The monoisotopic (exact) mass is 377 g/mol. The molecule has 0 bridgehead atoms. The number of rotatable bonds is 4. The van der Waals surface area contributed by atoms with Crippen LogP contribution in [0.4, 0.5) is 11.5 Å². The van der Waals surface area contributed by atoms with Gasteiger partial charge in [-0.15, -0.1) is 0 Å². The Balaban J connectivity index is 1.39. The number of nitrogens with one attached hydrogen (secondary N) is 1. The van der Waals surface area contributed by atoms with Gasteiger partial charge < -0.3 is 10.2 Å². The Morgan fingerprint density at radius 2 is 1.89 bits per heavy atom. The summed E-state index contributed by atoms with van der Waals surface area (Å²) < 4.78 is 1.61. The Kier molecular flexibility index (Phi) is 5.01. The van der Waals surface area contributed by atoms with Gasteiger partial charge in [0.2, 0.25) is 5.91 Å². The molecule has 4 rings (SSSR count). The Bertz CT molecular complexity index is 962. The van der Waals surface area contributed by atoms with Gasteiger partial charge >= 0.3 is 0 Å². The van der Waals surface area contributed by atoms with Gasteiger partial charge in [-0.1, -0.05) is 12.1 Å². The molecule has 3 heterocycles. The molecule has 0 aliphatic carbocycles. The zero-order chi connectivity index (χ0) is 19.5. The number of hydrogen-bond donors (Lipinski definition) is 1. The van der Waals surface area contributed by atoms with Crippen LogP contribution in [0.15, 0.2) is 43.2 Å². The normalized spacial score (nSPS) is 14.9. The smallest absolute Gasteiger partial charge is 0.227 e. The molecule has 1 aliphatic rings. The number of anilines is 2. The minimum absolute atomic E-state index is 0.00721. The van der Waals surface area contributed by atoms with Gasteiger partial charge in [0, 0.05) is 30.8 Å². The Labute approximate surface area is 163 Å². The number of carbonyl (C=O) groups is 1. The van der Waals surface area contributed by atoms with Crippen LogP contribution in [0, 0.1) is 19.8 Å². The zero-order valence-electron chi connectivity index (χ0n) is 16.0. The lowest BCUT2D eigenvalue weighted by atomic mass is 9.95. The number of aryl methyl sites for hydroxylation is 1. The van der Waals surface area contributed by atoms with Gasteiger partial charge in [0.1, 0.15) is 24.8 Å². The van der Waals surface area contributed by atoms with Crippen molar-refractivity contribution in [3.05, 3.63) is 54.4 Å². The maximum atomic E-state index is 12.7. The topological polar surface area (TPSA) is 88.8 Å². The predicted octanol–water partition coefficient (Wildman–Crippen LogP) is 2.53. The lowest BCUT2D eigenvalue weighted by Crippen LogP contribution is -2.38. The second kappa shape index (κ2) is 7.75. The minimum Gasteiger partial charge on any atom is -0.356 e. The summed E-state index contributed by atoms with van der Waals surface area (Å²) in [5.41, 5.74) is 3.20. The van der Waals surface area contributed by atoms with E-state index in [-0.39, 0.29) is 11.8 Å². The molecular formula is C20H23N7O. The number of nitrogens with zero attached hydrogens (tertiary/aromatic N) is 6. The van der Waals surface area contributed by atoms with Gasteiger partial charge in [0.25, 0.3) is 0 Å². The van der Waals surface area contributed by atoms with E-state index in [0.717, 1.165) is 43.0 Å². The highest BCUT2D eigenvalue weighted by Crippen LogP contribution is 2.25. The third kappa shape index (κ3) is 3.71. The molecule has 144 valence electrons. The van der Waals surface area contributed by atoms with Gasteiger partial charge in [-0.05, 0) is 43.9 Å². The highest BCUT2D eigenvalue weighted by Gasteiger charge is 2.26. The molecule has 1 amide bonds. The summed E-state index contributed by atoms with van der Waals surface area (Å²) in [6, 6.07) is 7.88. The SMILES string of the molecule is Cc1cccc(NC(=O)C2CCN(c3cc(-n4cncn4)ncn3)CC2)c1C. The maximum absolute atomic E-state index is 12.7. The highest BCUT2D eigenvalue weighted by molar-refractivity contribution is 5.93. The first-order valence-electron chi connectivity index (χ1n) is 9.41. The number of hydrogen-bond acceptors (Lipinski definition) is 6. The quantitative estimate of drug-likeness (QED) is 0.752. The van der Waals surface area contributed by atoms with Crippen molar-refractivity contribution in [3.8, 4) is 5.82 Å². The fourth-order valence-corrected chi connectivity index (χ4v) is 3.45. The maximum Gasteiger partial charge on any atom is 0.227 e. The summed E-state index contributed by atoms with van der Waals surface area (Å²) in [5.74, 6) is 1.62. The van der Waals surface area contributed by atoms with E-state index in [1.165, 1.54) is 18.2 Å². The van der Waals surface area contributed by atoms with Crippen LogP contribution in [-0.2, 0) is 4.79 Å². The molecule has 28 heavy (non-hydrogen) atoms. The van der Waals surface area contributed by atoms with E-state index in [0.29, 0.717) is 5.82 Å². The summed E-state index contributed by atoms with van der Waals surface area (Å²) in [5, 5.41) is 7.21. The summed E-state index contributed by atoms with van der Waals surface area (Å²) >= 11 is 0. The molecule has 0 saturated carbocycles. The van der Waals surface area contributed by atoms with Crippen LogP contribution in [0.3, 0.4) is 0 Å². The molecule has 1 fully saturated rings. The second-order valence-corrected chi connectivity index (χ2v) is 7.07. The van der Waals surface area contributed by atoms with E-state index in [1.54, 1.807) is 11.0 Å². The molecular weight excluding hydrogens is 354 g/mol. The van der Waals surface area contributed by atoms with Gasteiger partial charge in [-0.25, -0.2) is 19.6 Å². The molecule has 1 N–H and O–H groups in total. The van der Waals surface area contributed by atoms with Crippen LogP contribution in [-0.4, -0.2) is 43.7 Å². The van der Waals surface area contributed by atoms with Gasteiger partial charge in [-0.3, -0.25) is 4.79 Å². The minimum atomic E-state index is 0.00721. The highest BCUT2D eigenvalue weighted by atomic mass is 16.1. The first-order chi connectivity index (χ1) is 13.6. The van der Waals surface area contributed by atoms with E-state index < -0.39 is 0 Å². The number of amides is 1. The molecule has 8 heteroatoms. The molecule has 1 aromatic carbocycles. The number of carbonyl (C=O) groups excluding carboxylic acids is 1. The average Bonchev–Trinajstić information content (AvgIpc) is 3.27. The predicted molar refractivity (Wildman–Crippen MR) is 106 cm³/mol. The average molecular weight is 377 g/mol. The molecule has 0 atom stereocenters.